The molecule has 0 radical (unpaired) electrons. The number of anilines is 2. The lowest BCUT2D eigenvalue weighted by Gasteiger charge is -2.06. The van der Waals surface area contributed by atoms with Crippen molar-refractivity contribution in [3.8, 4) is 0 Å². The van der Waals surface area contributed by atoms with Gasteiger partial charge in [0.2, 0.25) is 5.91 Å². The molecule has 0 fully saturated rings. The summed E-state index contributed by atoms with van der Waals surface area (Å²) in [6.07, 6.45) is 1.94. The number of aromatic nitrogens is 2. The Balaban J connectivity index is 1.51. The normalized spacial score (nSPS) is 10.4. The Morgan fingerprint density at radius 1 is 0.852 bits per heavy atom. The van der Waals surface area contributed by atoms with Gasteiger partial charge in [0.1, 0.15) is 0 Å². The smallest absolute Gasteiger partial charge is 0.276 e. The summed E-state index contributed by atoms with van der Waals surface area (Å²) in [5.41, 5.74) is 1.72. The Kier molecular flexibility index (Phi) is 6.41. The average molecular weight is 492 g/mol. The predicted octanol–water partition coefficient (Wildman–Crippen LogP) is 4.69. The number of carbonyl (C=O) groups excluding carboxylic acids is 2. The molecule has 0 saturated carbocycles. The third-order valence-electron chi connectivity index (χ3n) is 3.67. The molecule has 138 valence electrons. The van der Waals surface area contributed by atoms with Crippen LogP contribution in [0.4, 0.5) is 11.4 Å². The van der Waals surface area contributed by atoms with Crippen LogP contribution in [0.15, 0.2) is 69.7 Å². The van der Waals surface area contributed by atoms with E-state index in [2.05, 4.69) is 47.6 Å². The van der Waals surface area contributed by atoms with Crippen LogP contribution in [0.3, 0.4) is 0 Å². The minimum Gasteiger partial charge on any atom is -0.326 e. The standard InChI is InChI=1S/C19H16Br2N4O2/c20-13-1-5-15(6-2-13)22-18(26)10-12-25-11-9-17(24-25)19(27)23-16-7-3-14(21)4-8-16/h1-9,11H,10,12H2,(H,22,26)(H,23,27). The molecular formula is C19H16Br2N4O2. The van der Waals surface area contributed by atoms with Gasteiger partial charge in [0.25, 0.3) is 5.91 Å². The first kappa shape index (κ1) is 19.3. The SMILES string of the molecule is O=C(CCn1ccc(C(=O)Nc2ccc(Br)cc2)n1)Nc1ccc(Br)cc1. The molecule has 6 nitrogen and oxygen atoms in total. The van der Waals surface area contributed by atoms with E-state index in [9.17, 15) is 9.59 Å². The summed E-state index contributed by atoms with van der Waals surface area (Å²) in [6, 6.07) is 16.3. The van der Waals surface area contributed by atoms with Crippen LogP contribution in [0, 0.1) is 0 Å². The van der Waals surface area contributed by atoms with Crippen LogP contribution in [0.2, 0.25) is 0 Å². The molecule has 1 aromatic heterocycles. The molecule has 0 bridgehead atoms. The van der Waals surface area contributed by atoms with E-state index in [0.29, 0.717) is 17.9 Å². The van der Waals surface area contributed by atoms with Gasteiger partial charge in [0.05, 0.1) is 0 Å². The molecule has 0 saturated heterocycles. The van der Waals surface area contributed by atoms with E-state index in [-0.39, 0.29) is 18.2 Å². The second-order valence-electron chi connectivity index (χ2n) is 5.73. The topological polar surface area (TPSA) is 76.0 Å². The number of hydrogen-bond donors (Lipinski definition) is 2. The number of carbonyl (C=O) groups is 2. The highest BCUT2D eigenvalue weighted by Gasteiger charge is 2.11. The zero-order chi connectivity index (χ0) is 19.2. The minimum absolute atomic E-state index is 0.117. The fraction of sp³-hybridized carbons (Fsp3) is 0.105. The maximum atomic E-state index is 12.2. The second-order valence-corrected chi connectivity index (χ2v) is 7.56. The van der Waals surface area contributed by atoms with Crippen molar-refractivity contribution in [1.82, 2.24) is 9.78 Å². The summed E-state index contributed by atoms with van der Waals surface area (Å²) in [6.45, 7) is 0.383. The molecule has 2 amide bonds. The molecule has 0 atom stereocenters. The van der Waals surface area contributed by atoms with E-state index in [1.807, 2.05) is 36.4 Å². The largest absolute Gasteiger partial charge is 0.326 e. The maximum absolute atomic E-state index is 12.2. The van der Waals surface area contributed by atoms with E-state index in [1.165, 1.54) is 0 Å². The highest BCUT2D eigenvalue weighted by Crippen LogP contribution is 2.15. The Hall–Kier alpha value is -2.45. The monoisotopic (exact) mass is 490 g/mol. The fourth-order valence-electron chi connectivity index (χ4n) is 2.31. The van der Waals surface area contributed by atoms with Gasteiger partial charge in [-0.2, -0.15) is 5.10 Å². The van der Waals surface area contributed by atoms with Gasteiger partial charge in [-0.25, -0.2) is 0 Å². The first-order valence-corrected chi connectivity index (χ1v) is 9.74. The van der Waals surface area contributed by atoms with Gasteiger partial charge in [-0.3, -0.25) is 14.3 Å². The van der Waals surface area contributed by atoms with Crippen LogP contribution in [0.1, 0.15) is 16.9 Å². The van der Waals surface area contributed by atoms with Crippen LogP contribution in [0.25, 0.3) is 0 Å². The Morgan fingerprint density at radius 3 is 2.00 bits per heavy atom. The molecular weight excluding hydrogens is 476 g/mol. The average Bonchev–Trinajstić information content (AvgIpc) is 3.13. The van der Waals surface area contributed by atoms with E-state index < -0.39 is 0 Å². The lowest BCUT2D eigenvalue weighted by molar-refractivity contribution is -0.116. The summed E-state index contributed by atoms with van der Waals surface area (Å²) in [5.74, 6) is -0.413. The summed E-state index contributed by atoms with van der Waals surface area (Å²) in [5, 5.41) is 9.83. The summed E-state index contributed by atoms with van der Waals surface area (Å²) >= 11 is 6.70. The van der Waals surface area contributed by atoms with E-state index in [4.69, 9.17) is 0 Å². The lowest BCUT2D eigenvalue weighted by atomic mass is 10.3. The van der Waals surface area contributed by atoms with Gasteiger partial charge in [-0.05, 0) is 54.6 Å². The van der Waals surface area contributed by atoms with E-state index in [0.717, 1.165) is 14.6 Å². The highest BCUT2D eigenvalue weighted by molar-refractivity contribution is 9.10. The minimum atomic E-state index is -0.296. The van der Waals surface area contributed by atoms with Crippen molar-refractivity contribution >= 4 is 55.0 Å². The zero-order valence-electron chi connectivity index (χ0n) is 14.2. The van der Waals surface area contributed by atoms with Crippen LogP contribution in [0.5, 0.6) is 0 Å². The number of amides is 2. The van der Waals surface area contributed by atoms with Crippen molar-refractivity contribution in [3.05, 3.63) is 75.4 Å². The lowest BCUT2D eigenvalue weighted by Crippen LogP contribution is -2.16. The quantitative estimate of drug-likeness (QED) is 0.525. The van der Waals surface area contributed by atoms with Gasteiger partial charge >= 0.3 is 0 Å². The molecule has 8 heteroatoms. The molecule has 0 unspecified atom stereocenters. The van der Waals surface area contributed by atoms with Crippen LogP contribution in [-0.2, 0) is 11.3 Å². The van der Waals surface area contributed by atoms with Crippen molar-refractivity contribution in [2.75, 3.05) is 10.6 Å². The molecule has 3 aromatic rings. The molecule has 0 aliphatic carbocycles. The molecule has 2 N–H and O–H groups in total. The number of hydrogen-bond acceptors (Lipinski definition) is 3. The van der Waals surface area contributed by atoms with Crippen LogP contribution in [-0.4, -0.2) is 21.6 Å². The van der Waals surface area contributed by atoms with Crippen molar-refractivity contribution in [2.45, 2.75) is 13.0 Å². The van der Waals surface area contributed by atoms with Crippen molar-refractivity contribution < 1.29 is 9.59 Å². The molecule has 27 heavy (non-hydrogen) atoms. The number of aryl methyl sites for hydroxylation is 1. The molecule has 0 aliphatic heterocycles. The molecule has 3 rings (SSSR count). The van der Waals surface area contributed by atoms with Crippen LogP contribution >= 0.6 is 31.9 Å². The van der Waals surface area contributed by atoms with Gasteiger partial charge in [0.15, 0.2) is 5.69 Å². The number of rotatable bonds is 6. The van der Waals surface area contributed by atoms with Gasteiger partial charge in [-0.15, -0.1) is 0 Å². The summed E-state index contributed by atoms with van der Waals surface area (Å²) in [7, 11) is 0. The molecule has 2 aromatic carbocycles. The van der Waals surface area contributed by atoms with Crippen LogP contribution < -0.4 is 10.6 Å². The molecule has 1 heterocycles. The Morgan fingerprint density at radius 2 is 1.41 bits per heavy atom. The van der Waals surface area contributed by atoms with Gasteiger partial charge < -0.3 is 10.6 Å². The summed E-state index contributed by atoms with van der Waals surface area (Å²) < 4.78 is 3.47. The highest BCUT2D eigenvalue weighted by atomic mass is 79.9. The van der Waals surface area contributed by atoms with E-state index in [1.54, 1.807) is 29.1 Å². The predicted molar refractivity (Wildman–Crippen MR) is 112 cm³/mol. The summed E-state index contributed by atoms with van der Waals surface area (Å²) in [4.78, 5) is 24.3. The van der Waals surface area contributed by atoms with Gasteiger partial charge in [0, 0.05) is 39.5 Å². The number of nitrogens with one attached hydrogen (secondary N) is 2. The maximum Gasteiger partial charge on any atom is 0.276 e. The second kappa shape index (κ2) is 8.96. The number of halogens is 2. The zero-order valence-corrected chi connectivity index (χ0v) is 17.3. The third-order valence-corrected chi connectivity index (χ3v) is 4.73. The van der Waals surface area contributed by atoms with Gasteiger partial charge in [-0.1, -0.05) is 31.9 Å². The number of nitrogens with zero attached hydrogens (tertiary/aromatic N) is 2. The molecule has 0 spiro atoms. The van der Waals surface area contributed by atoms with Crippen molar-refractivity contribution in [3.63, 3.8) is 0 Å². The van der Waals surface area contributed by atoms with E-state index >= 15 is 0 Å². The molecule has 0 aliphatic rings. The van der Waals surface area contributed by atoms with Crippen molar-refractivity contribution in [1.29, 1.82) is 0 Å². The third kappa shape index (κ3) is 5.77. The Labute approximate surface area is 173 Å². The van der Waals surface area contributed by atoms with Crippen molar-refractivity contribution in [2.24, 2.45) is 0 Å². The first-order chi connectivity index (χ1) is 13.0. The number of benzene rings is 2. The fourth-order valence-corrected chi connectivity index (χ4v) is 2.84. The Bertz CT molecular complexity index is 937. The first-order valence-electron chi connectivity index (χ1n) is 8.15.